The Labute approximate surface area is 121 Å². The third-order valence-corrected chi connectivity index (χ3v) is 4.15. The highest BCUT2D eigenvalue weighted by Gasteiger charge is 2.29. The molecule has 1 saturated heterocycles. The monoisotopic (exact) mass is 287 g/mol. The van der Waals surface area contributed by atoms with Crippen molar-refractivity contribution in [2.75, 3.05) is 31.3 Å². The third-order valence-electron chi connectivity index (χ3n) is 4.15. The van der Waals surface area contributed by atoms with Crippen LogP contribution in [0.2, 0.25) is 0 Å². The lowest BCUT2D eigenvalue weighted by Crippen LogP contribution is -2.27. The predicted octanol–water partition coefficient (Wildman–Crippen LogP) is 0.990. The zero-order chi connectivity index (χ0) is 14.4. The molecule has 2 aromatic rings. The molecule has 0 bridgehead atoms. The number of nitrogens with two attached hydrogens (primary N) is 2. The number of nitrogens with zero attached hydrogens (tertiary/aromatic N) is 2. The zero-order valence-corrected chi connectivity index (χ0v) is 11.6. The van der Waals surface area contributed by atoms with Gasteiger partial charge in [0.05, 0.1) is 10.9 Å². The summed E-state index contributed by atoms with van der Waals surface area (Å²) in [6.07, 6.45) is 2.05. The summed E-state index contributed by atoms with van der Waals surface area (Å²) in [7, 11) is 0. The van der Waals surface area contributed by atoms with Gasteiger partial charge in [0.15, 0.2) is 11.5 Å². The van der Waals surface area contributed by atoms with Crippen molar-refractivity contribution in [1.82, 2.24) is 15.3 Å². The number of hydrogen-bond donors (Lipinski definition) is 3. The van der Waals surface area contributed by atoms with E-state index in [9.17, 15) is 0 Å². The molecule has 7 nitrogen and oxygen atoms in total. The molecule has 0 spiro atoms. The van der Waals surface area contributed by atoms with Gasteiger partial charge < -0.3 is 26.3 Å². The highest BCUT2D eigenvalue weighted by atomic mass is 16.7. The maximum atomic E-state index is 6.12. The fourth-order valence-electron chi connectivity index (χ4n) is 3.24. The van der Waals surface area contributed by atoms with Crippen molar-refractivity contribution in [1.29, 1.82) is 0 Å². The second-order valence-electron chi connectivity index (χ2n) is 5.41. The quantitative estimate of drug-likeness (QED) is 0.717. The van der Waals surface area contributed by atoms with Crippen molar-refractivity contribution in [2.24, 2.45) is 0 Å². The van der Waals surface area contributed by atoms with Crippen LogP contribution in [-0.2, 0) is 0 Å². The van der Waals surface area contributed by atoms with E-state index in [1.54, 1.807) is 0 Å². The molecule has 2 aliphatic rings. The number of hydrogen-bond acceptors (Lipinski definition) is 7. The molecule has 1 aromatic heterocycles. The van der Waals surface area contributed by atoms with Crippen molar-refractivity contribution in [3.05, 3.63) is 11.6 Å². The Bertz CT molecular complexity index is 712. The van der Waals surface area contributed by atoms with E-state index in [1.165, 1.54) is 0 Å². The van der Waals surface area contributed by atoms with Crippen molar-refractivity contribution in [3.8, 4) is 11.5 Å². The van der Waals surface area contributed by atoms with Crippen LogP contribution in [0.3, 0.4) is 0 Å². The summed E-state index contributed by atoms with van der Waals surface area (Å²) in [4.78, 5) is 8.42. The minimum atomic E-state index is 0.176. The van der Waals surface area contributed by atoms with Crippen LogP contribution in [0.1, 0.15) is 24.3 Å². The van der Waals surface area contributed by atoms with Gasteiger partial charge in [0.1, 0.15) is 5.82 Å². The SMILES string of the molecule is Nc1nc(N)c2c(C3CCNCC3)c3c(cc2n1)OCO3. The second kappa shape index (κ2) is 4.63. The Kier molecular flexibility index (Phi) is 2.75. The predicted molar refractivity (Wildman–Crippen MR) is 79.3 cm³/mol. The summed E-state index contributed by atoms with van der Waals surface area (Å²) < 4.78 is 11.2. The van der Waals surface area contributed by atoms with E-state index in [-0.39, 0.29) is 12.7 Å². The van der Waals surface area contributed by atoms with Crippen LogP contribution in [0.25, 0.3) is 10.9 Å². The van der Waals surface area contributed by atoms with E-state index in [0.717, 1.165) is 48.1 Å². The molecule has 0 saturated carbocycles. The molecule has 110 valence electrons. The summed E-state index contributed by atoms with van der Waals surface area (Å²) in [5.74, 6) is 2.45. The van der Waals surface area contributed by atoms with Gasteiger partial charge in [-0.1, -0.05) is 0 Å². The van der Waals surface area contributed by atoms with Crippen molar-refractivity contribution in [2.45, 2.75) is 18.8 Å². The maximum absolute atomic E-state index is 6.12. The molecular formula is C14H17N5O2. The number of nitrogen functional groups attached to an aromatic ring is 2. The maximum Gasteiger partial charge on any atom is 0.231 e. The number of fused-ring (bicyclic) bond motifs is 2. The van der Waals surface area contributed by atoms with Crippen molar-refractivity contribution >= 4 is 22.7 Å². The fraction of sp³-hybridized carbons (Fsp3) is 0.429. The summed E-state index contributed by atoms with van der Waals surface area (Å²) in [6, 6.07) is 1.83. The van der Waals surface area contributed by atoms with Gasteiger partial charge in [-0.25, -0.2) is 4.98 Å². The van der Waals surface area contributed by atoms with Gasteiger partial charge in [0.2, 0.25) is 12.7 Å². The van der Waals surface area contributed by atoms with Crippen LogP contribution in [0.15, 0.2) is 6.07 Å². The van der Waals surface area contributed by atoms with Crippen LogP contribution >= 0.6 is 0 Å². The van der Waals surface area contributed by atoms with Gasteiger partial charge in [0.25, 0.3) is 0 Å². The average Bonchev–Trinajstić information content (AvgIpc) is 2.93. The summed E-state index contributed by atoms with van der Waals surface area (Å²) >= 11 is 0. The Morgan fingerprint density at radius 3 is 2.76 bits per heavy atom. The Morgan fingerprint density at radius 1 is 1.14 bits per heavy atom. The molecule has 3 heterocycles. The van der Waals surface area contributed by atoms with E-state index < -0.39 is 0 Å². The van der Waals surface area contributed by atoms with Gasteiger partial charge in [-0.15, -0.1) is 0 Å². The highest BCUT2D eigenvalue weighted by Crippen LogP contribution is 2.47. The van der Waals surface area contributed by atoms with Gasteiger partial charge in [-0.3, -0.25) is 0 Å². The van der Waals surface area contributed by atoms with E-state index in [2.05, 4.69) is 15.3 Å². The zero-order valence-electron chi connectivity index (χ0n) is 11.6. The minimum Gasteiger partial charge on any atom is -0.453 e. The lowest BCUT2D eigenvalue weighted by atomic mass is 9.87. The van der Waals surface area contributed by atoms with Crippen molar-refractivity contribution in [3.63, 3.8) is 0 Å². The van der Waals surface area contributed by atoms with Crippen LogP contribution in [-0.4, -0.2) is 29.9 Å². The van der Waals surface area contributed by atoms with Gasteiger partial charge >= 0.3 is 0 Å². The number of aromatic nitrogens is 2. The van der Waals surface area contributed by atoms with Gasteiger partial charge in [-0.05, 0) is 31.8 Å². The molecule has 1 aromatic carbocycles. The number of rotatable bonds is 1. The normalized spacial score (nSPS) is 18.3. The van der Waals surface area contributed by atoms with E-state index in [1.807, 2.05) is 6.07 Å². The molecule has 21 heavy (non-hydrogen) atoms. The first kappa shape index (κ1) is 12.5. The lowest BCUT2D eigenvalue weighted by Gasteiger charge is -2.25. The molecule has 0 atom stereocenters. The first-order chi connectivity index (χ1) is 10.2. The average molecular weight is 287 g/mol. The smallest absolute Gasteiger partial charge is 0.231 e. The van der Waals surface area contributed by atoms with E-state index >= 15 is 0 Å². The van der Waals surface area contributed by atoms with E-state index in [0.29, 0.717) is 17.5 Å². The highest BCUT2D eigenvalue weighted by molar-refractivity contribution is 5.96. The van der Waals surface area contributed by atoms with Crippen LogP contribution < -0.4 is 26.3 Å². The van der Waals surface area contributed by atoms with Crippen LogP contribution in [0.4, 0.5) is 11.8 Å². The molecule has 4 rings (SSSR count). The molecule has 0 radical (unpaired) electrons. The molecule has 5 N–H and O–H groups in total. The second-order valence-corrected chi connectivity index (χ2v) is 5.41. The Morgan fingerprint density at radius 2 is 1.95 bits per heavy atom. The number of nitrogens with one attached hydrogen (secondary N) is 1. The van der Waals surface area contributed by atoms with E-state index in [4.69, 9.17) is 20.9 Å². The number of anilines is 2. The molecule has 0 amide bonds. The molecule has 0 unspecified atom stereocenters. The van der Waals surface area contributed by atoms with Crippen LogP contribution in [0.5, 0.6) is 11.5 Å². The summed E-state index contributed by atoms with van der Waals surface area (Å²) in [5.41, 5.74) is 13.6. The fourth-order valence-corrected chi connectivity index (χ4v) is 3.24. The topological polar surface area (TPSA) is 108 Å². The Balaban J connectivity index is 2.01. The number of piperidine rings is 1. The minimum absolute atomic E-state index is 0.176. The van der Waals surface area contributed by atoms with Gasteiger partial charge in [-0.2, -0.15) is 4.98 Å². The summed E-state index contributed by atoms with van der Waals surface area (Å²) in [6.45, 7) is 2.19. The van der Waals surface area contributed by atoms with Crippen molar-refractivity contribution < 1.29 is 9.47 Å². The first-order valence-electron chi connectivity index (χ1n) is 7.10. The number of benzene rings is 1. The molecule has 2 aliphatic heterocycles. The number of ether oxygens (including phenoxy) is 2. The first-order valence-corrected chi connectivity index (χ1v) is 7.10. The van der Waals surface area contributed by atoms with Gasteiger partial charge in [0, 0.05) is 11.6 Å². The third kappa shape index (κ3) is 1.92. The molecule has 1 fully saturated rings. The molecule has 7 heteroatoms. The molecule has 0 aliphatic carbocycles. The largest absolute Gasteiger partial charge is 0.453 e. The molecular weight excluding hydrogens is 270 g/mol. The summed E-state index contributed by atoms with van der Waals surface area (Å²) in [5, 5.41) is 4.22. The standard InChI is InChI=1S/C14H17N5O2/c15-13-11-8(18-14(16)19-13)5-9-12(21-6-20-9)10(11)7-1-3-17-4-2-7/h5,7,17H,1-4,6H2,(H4,15,16,18,19). The Hall–Kier alpha value is -2.28. The lowest BCUT2D eigenvalue weighted by molar-refractivity contribution is 0.173. The van der Waals surface area contributed by atoms with Crippen LogP contribution in [0, 0.1) is 0 Å².